The van der Waals surface area contributed by atoms with E-state index in [4.69, 9.17) is 0 Å². The largest absolute Gasteiger partial charge is 0.392 e. The minimum Gasteiger partial charge on any atom is -0.392 e. The SMILES string of the molecule is C=CCCC1=C2CCC(O)[C@]2(C(C)C)CCC1=O. The molecule has 2 aliphatic rings. The molecule has 0 radical (unpaired) electrons. The molecule has 0 amide bonds. The van der Waals surface area contributed by atoms with Crippen molar-refractivity contribution in [3.63, 3.8) is 0 Å². The van der Waals surface area contributed by atoms with Crippen molar-refractivity contribution in [3.8, 4) is 0 Å². The molecule has 0 aromatic heterocycles. The highest BCUT2D eigenvalue weighted by Gasteiger charge is 2.51. The van der Waals surface area contributed by atoms with Gasteiger partial charge in [-0.2, -0.15) is 0 Å². The number of ketones is 1. The number of carbonyl (C=O) groups excluding carboxylic acids is 1. The van der Waals surface area contributed by atoms with Crippen molar-refractivity contribution in [3.05, 3.63) is 23.8 Å². The summed E-state index contributed by atoms with van der Waals surface area (Å²) in [4.78, 5) is 12.1. The van der Waals surface area contributed by atoms with Crippen molar-refractivity contribution >= 4 is 5.78 Å². The van der Waals surface area contributed by atoms with Gasteiger partial charge in [0.25, 0.3) is 0 Å². The van der Waals surface area contributed by atoms with Crippen molar-refractivity contribution in [2.45, 2.75) is 58.5 Å². The predicted molar refractivity (Wildman–Crippen MR) is 73.2 cm³/mol. The fraction of sp³-hybridized carbons (Fsp3) is 0.688. The van der Waals surface area contributed by atoms with Gasteiger partial charge in [0, 0.05) is 11.8 Å². The van der Waals surface area contributed by atoms with Crippen molar-refractivity contribution in [1.29, 1.82) is 0 Å². The van der Waals surface area contributed by atoms with Gasteiger partial charge in [-0.05, 0) is 43.6 Å². The molecule has 1 saturated carbocycles. The Morgan fingerprint density at radius 3 is 2.83 bits per heavy atom. The fourth-order valence-electron chi connectivity index (χ4n) is 3.92. The topological polar surface area (TPSA) is 37.3 Å². The standard InChI is InChI=1S/C16H24O2/c1-4-5-6-12-13-7-8-15(18)16(13,11(2)3)10-9-14(12)17/h4,11,15,18H,1,5-10H2,2-3H3/t15?,16-/m0/s1. The van der Waals surface area contributed by atoms with Crippen LogP contribution in [0.2, 0.25) is 0 Å². The van der Waals surface area contributed by atoms with Crippen LogP contribution in [-0.2, 0) is 4.79 Å². The molecule has 2 heteroatoms. The maximum Gasteiger partial charge on any atom is 0.158 e. The maximum atomic E-state index is 12.1. The second kappa shape index (κ2) is 5.00. The molecular weight excluding hydrogens is 224 g/mol. The summed E-state index contributed by atoms with van der Waals surface area (Å²) in [6.45, 7) is 8.09. The third-order valence-electron chi connectivity index (χ3n) is 4.92. The lowest BCUT2D eigenvalue weighted by atomic mass is 9.63. The van der Waals surface area contributed by atoms with Crippen molar-refractivity contribution in [1.82, 2.24) is 0 Å². The zero-order valence-electron chi connectivity index (χ0n) is 11.5. The van der Waals surface area contributed by atoms with E-state index in [-0.39, 0.29) is 11.5 Å². The first-order valence-corrected chi connectivity index (χ1v) is 7.08. The zero-order valence-corrected chi connectivity index (χ0v) is 11.5. The van der Waals surface area contributed by atoms with Crippen LogP contribution >= 0.6 is 0 Å². The highest BCUT2D eigenvalue weighted by Crippen LogP contribution is 2.55. The van der Waals surface area contributed by atoms with E-state index in [1.54, 1.807) is 0 Å². The number of fused-ring (bicyclic) bond motifs is 1. The van der Waals surface area contributed by atoms with Gasteiger partial charge >= 0.3 is 0 Å². The van der Waals surface area contributed by atoms with Crippen molar-refractivity contribution < 1.29 is 9.90 Å². The Morgan fingerprint density at radius 2 is 2.22 bits per heavy atom. The Labute approximate surface area is 110 Å². The summed E-state index contributed by atoms with van der Waals surface area (Å²) in [5, 5.41) is 10.4. The Balaban J connectivity index is 2.45. The molecule has 0 spiro atoms. The van der Waals surface area contributed by atoms with E-state index in [0.29, 0.717) is 18.1 Å². The van der Waals surface area contributed by atoms with E-state index in [9.17, 15) is 9.90 Å². The second-order valence-corrected chi connectivity index (χ2v) is 5.96. The molecule has 2 nitrogen and oxygen atoms in total. The van der Waals surface area contributed by atoms with E-state index in [1.807, 2.05) is 6.08 Å². The first-order valence-electron chi connectivity index (χ1n) is 7.08. The van der Waals surface area contributed by atoms with Gasteiger partial charge in [0.2, 0.25) is 0 Å². The molecule has 0 saturated heterocycles. The first-order chi connectivity index (χ1) is 8.54. The van der Waals surface area contributed by atoms with Gasteiger partial charge in [-0.25, -0.2) is 0 Å². The highest BCUT2D eigenvalue weighted by atomic mass is 16.3. The van der Waals surface area contributed by atoms with Crippen LogP contribution in [0.3, 0.4) is 0 Å². The van der Waals surface area contributed by atoms with Crippen LogP contribution in [0.1, 0.15) is 52.4 Å². The summed E-state index contributed by atoms with van der Waals surface area (Å²) in [5.74, 6) is 0.703. The predicted octanol–water partition coefficient (Wildman–Crippen LogP) is 3.41. The molecule has 0 bridgehead atoms. The molecule has 0 aromatic rings. The van der Waals surface area contributed by atoms with Gasteiger partial charge in [0.1, 0.15) is 0 Å². The minimum atomic E-state index is -0.265. The number of allylic oxidation sites excluding steroid dienone is 2. The zero-order chi connectivity index (χ0) is 13.3. The summed E-state index contributed by atoms with van der Waals surface area (Å²) >= 11 is 0. The number of aliphatic hydroxyl groups excluding tert-OH is 1. The van der Waals surface area contributed by atoms with Gasteiger partial charge in [-0.3, -0.25) is 4.79 Å². The van der Waals surface area contributed by atoms with E-state index in [0.717, 1.165) is 37.7 Å². The number of hydrogen-bond acceptors (Lipinski definition) is 2. The van der Waals surface area contributed by atoms with E-state index >= 15 is 0 Å². The van der Waals surface area contributed by atoms with Crippen LogP contribution in [0.5, 0.6) is 0 Å². The first kappa shape index (κ1) is 13.5. The smallest absolute Gasteiger partial charge is 0.158 e. The molecule has 0 aliphatic heterocycles. The lowest BCUT2D eigenvalue weighted by Crippen LogP contribution is -2.40. The molecule has 0 aromatic carbocycles. The summed E-state index contributed by atoms with van der Waals surface area (Å²) in [5.41, 5.74) is 2.15. The van der Waals surface area contributed by atoms with E-state index in [2.05, 4.69) is 20.4 Å². The summed E-state index contributed by atoms with van der Waals surface area (Å²) in [7, 11) is 0. The second-order valence-electron chi connectivity index (χ2n) is 5.96. The average molecular weight is 248 g/mol. The lowest BCUT2D eigenvalue weighted by Gasteiger charge is -2.42. The maximum absolute atomic E-state index is 12.1. The molecule has 0 heterocycles. The molecule has 2 aliphatic carbocycles. The number of carbonyl (C=O) groups is 1. The third kappa shape index (κ3) is 1.87. The normalized spacial score (nSPS) is 32.0. The Morgan fingerprint density at radius 1 is 1.50 bits per heavy atom. The molecule has 100 valence electrons. The summed E-state index contributed by atoms with van der Waals surface area (Å²) in [6.07, 6.45) is 6.42. The molecule has 1 fully saturated rings. The summed E-state index contributed by atoms with van der Waals surface area (Å²) < 4.78 is 0. The van der Waals surface area contributed by atoms with Gasteiger partial charge in [0.15, 0.2) is 5.78 Å². The Hall–Kier alpha value is -0.890. The van der Waals surface area contributed by atoms with Crippen LogP contribution in [0.4, 0.5) is 0 Å². The summed E-state index contributed by atoms with van der Waals surface area (Å²) in [6, 6.07) is 0. The Bertz CT molecular complexity index is 392. The quantitative estimate of drug-likeness (QED) is 0.774. The monoisotopic (exact) mass is 248 g/mol. The van der Waals surface area contributed by atoms with Gasteiger partial charge in [-0.15, -0.1) is 6.58 Å². The minimum absolute atomic E-state index is 0.121. The number of aliphatic hydroxyl groups is 1. The number of hydrogen-bond donors (Lipinski definition) is 1. The van der Waals surface area contributed by atoms with Crippen LogP contribution in [0, 0.1) is 11.3 Å². The molecule has 2 atom stereocenters. The van der Waals surface area contributed by atoms with E-state index in [1.165, 1.54) is 5.57 Å². The van der Waals surface area contributed by atoms with Crippen LogP contribution in [-0.4, -0.2) is 17.0 Å². The molecule has 18 heavy (non-hydrogen) atoms. The lowest BCUT2D eigenvalue weighted by molar-refractivity contribution is -0.118. The average Bonchev–Trinajstić information content (AvgIpc) is 2.67. The number of Topliss-reactive ketones (excluding diaryl/α,β-unsaturated/α-hetero) is 1. The van der Waals surface area contributed by atoms with E-state index < -0.39 is 0 Å². The van der Waals surface area contributed by atoms with Crippen molar-refractivity contribution in [2.75, 3.05) is 0 Å². The van der Waals surface area contributed by atoms with Crippen LogP contribution < -0.4 is 0 Å². The van der Waals surface area contributed by atoms with Gasteiger partial charge < -0.3 is 5.11 Å². The molecule has 1 N–H and O–H groups in total. The Kier molecular flexibility index (Phi) is 3.76. The highest BCUT2D eigenvalue weighted by molar-refractivity contribution is 5.97. The van der Waals surface area contributed by atoms with Crippen molar-refractivity contribution in [2.24, 2.45) is 11.3 Å². The number of rotatable bonds is 4. The van der Waals surface area contributed by atoms with Crippen LogP contribution in [0.15, 0.2) is 23.8 Å². The van der Waals surface area contributed by atoms with Gasteiger partial charge in [-0.1, -0.05) is 25.5 Å². The fourth-order valence-corrected chi connectivity index (χ4v) is 3.92. The third-order valence-corrected chi connectivity index (χ3v) is 4.92. The molecular formula is C16H24O2. The molecule has 2 rings (SSSR count). The van der Waals surface area contributed by atoms with Crippen LogP contribution in [0.25, 0.3) is 0 Å². The molecule has 1 unspecified atom stereocenters. The van der Waals surface area contributed by atoms with Gasteiger partial charge in [0.05, 0.1) is 6.10 Å².